The van der Waals surface area contributed by atoms with Crippen LogP contribution >= 0.6 is 11.3 Å². The molecule has 0 saturated heterocycles. The smallest absolute Gasteiger partial charge is 0.172 e. The van der Waals surface area contributed by atoms with Crippen LogP contribution in [0.2, 0.25) is 0 Å². The van der Waals surface area contributed by atoms with Crippen LogP contribution in [0.15, 0.2) is 23.8 Å². The zero-order chi connectivity index (χ0) is 11.5. The summed E-state index contributed by atoms with van der Waals surface area (Å²) in [6.45, 7) is 1.86. The van der Waals surface area contributed by atoms with Crippen molar-refractivity contribution in [1.82, 2.24) is 9.97 Å². The monoisotopic (exact) mass is 236 g/mol. The molecule has 0 aliphatic carbocycles. The molecule has 2 heterocycles. The van der Waals surface area contributed by atoms with Gasteiger partial charge in [0, 0.05) is 17.3 Å². The number of Topliss-reactive ketones (excluding diaryl/α,β-unsaturated/α-hetero) is 1. The summed E-state index contributed by atoms with van der Waals surface area (Å²) >= 11 is 1.41. The van der Waals surface area contributed by atoms with E-state index in [0.717, 1.165) is 11.9 Å². The first-order valence-corrected chi connectivity index (χ1v) is 5.58. The van der Waals surface area contributed by atoms with E-state index in [0.29, 0.717) is 5.01 Å². The lowest BCUT2D eigenvalue weighted by atomic mass is 10.1. The molecule has 82 valence electrons. The molecule has 0 atom stereocenters. The van der Waals surface area contributed by atoms with Gasteiger partial charge in [0.15, 0.2) is 11.6 Å². The molecular formula is C11H9FN2OS. The van der Waals surface area contributed by atoms with Crippen molar-refractivity contribution in [3.63, 3.8) is 0 Å². The number of aromatic nitrogens is 2. The number of hydrogen-bond acceptors (Lipinski definition) is 4. The van der Waals surface area contributed by atoms with Crippen molar-refractivity contribution in [2.45, 2.75) is 13.3 Å². The summed E-state index contributed by atoms with van der Waals surface area (Å²) in [5.74, 6) is -0.852. The molecule has 0 aliphatic rings. The van der Waals surface area contributed by atoms with E-state index in [1.807, 2.05) is 12.3 Å². The molecule has 2 aromatic heterocycles. The van der Waals surface area contributed by atoms with Gasteiger partial charge < -0.3 is 0 Å². The van der Waals surface area contributed by atoms with Crippen LogP contribution in [0.5, 0.6) is 0 Å². The number of nitrogens with zero attached hydrogens (tertiary/aromatic N) is 2. The SMILES string of the molecule is Cc1csc(CC(=O)c2ccncc2F)n1. The maximum Gasteiger partial charge on any atom is 0.172 e. The number of rotatable bonds is 3. The van der Waals surface area contributed by atoms with Gasteiger partial charge in [0.1, 0.15) is 5.01 Å². The van der Waals surface area contributed by atoms with Crippen molar-refractivity contribution in [3.05, 3.63) is 45.9 Å². The number of hydrogen-bond donors (Lipinski definition) is 0. The topological polar surface area (TPSA) is 42.9 Å². The Morgan fingerprint density at radius 2 is 2.38 bits per heavy atom. The van der Waals surface area contributed by atoms with Gasteiger partial charge in [0.2, 0.25) is 0 Å². The maximum absolute atomic E-state index is 13.2. The van der Waals surface area contributed by atoms with Crippen molar-refractivity contribution >= 4 is 17.1 Å². The molecular weight excluding hydrogens is 227 g/mol. The minimum absolute atomic E-state index is 0.0721. The molecule has 2 rings (SSSR count). The quantitative estimate of drug-likeness (QED) is 0.768. The lowest BCUT2D eigenvalue weighted by Gasteiger charge is -1.99. The standard InChI is InChI=1S/C11H9FN2OS/c1-7-6-16-11(14-7)4-10(15)8-2-3-13-5-9(8)12/h2-3,5-6H,4H2,1H3. The molecule has 0 aliphatic heterocycles. The highest BCUT2D eigenvalue weighted by Gasteiger charge is 2.13. The Morgan fingerprint density at radius 3 is 3.00 bits per heavy atom. The Labute approximate surface area is 96.0 Å². The van der Waals surface area contributed by atoms with Gasteiger partial charge >= 0.3 is 0 Å². The average molecular weight is 236 g/mol. The highest BCUT2D eigenvalue weighted by Crippen LogP contribution is 2.13. The molecule has 0 bridgehead atoms. The van der Waals surface area contributed by atoms with Gasteiger partial charge in [-0.25, -0.2) is 9.37 Å². The van der Waals surface area contributed by atoms with Crippen LogP contribution in [0.1, 0.15) is 21.1 Å². The summed E-state index contributed by atoms with van der Waals surface area (Å²) < 4.78 is 13.2. The molecule has 0 fully saturated rings. The van der Waals surface area contributed by atoms with Crippen LogP contribution in [-0.4, -0.2) is 15.8 Å². The summed E-state index contributed by atoms with van der Waals surface area (Å²) in [7, 11) is 0. The Kier molecular flexibility index (Phi) is 3.05. The van der Waals surface area contributed by atoms with Gasteiger partial charge in [-0.1, -0.05) is 0 Å². The van der Waals surface area contributed by atoms with E-state index >= 15 is 0 Å². The third kappa shape index (κ3) is 2.30. The molecule has 0 aromatic carbocycles. The molecule has 5 heteroatoms. The summed E-state index contributed by atoms with van der Waals surface area (Å²) in [6, 6.07) is 1.39. The second kappa shape index (κ2) is 4.49. The Balaban J connectivity index is 2.18. The molecule has 2 aromatic rings. The summed E-state index contributed by atoms with van der Waals surface area (Å²) in [6.07, 6.45) is 2.59. The van der Waals surface area contributed by atoms with E-state index in [2.05, 4.69) is 9.97 Å². The van der Waals surface area contributed by atoms with E-state index in [9.17, 15) is 9.18 Å². The molecule has 0 N–H and O–H groups in total. The van der Waals surface area contributed by atoms with Gasteiger partial charge in [-0.05, 0) is 13.0 Å². The molecule has 0 saturated carbocycles. The van der Waals surface area contributed by atoms with Crippen molar-refractivity contribution in [3.8, 4) is 0 Å². The first-order chi connectivity index (χ1) is 7.66. The minimum atomic E-state index is -0.583. The third-order valence-corrected chi connectivity index (χ3v) is 3.02. The summed E-state index contributed by atoms with van der Waals surface area (Å²) in [4.78, 5) is 19.5. The Bertz CT molecular complexity index is 524. The Morgan fingerprint density at radius 1 is 1.56 bits per heavy atom. The fourth-order valence-electron chi connectivity index (χ4n) is 1.32. The van der Waals surface area contributed by atoms with Crippen LogP contribution in [0, 0.1) is 12.7 Å². The van der Waals surface area contributed by atoms with Gasteiger partial charge in [0.25, 0.3) is 0 Å². The van der Waals surface area contributed by atoms with E-state index in [-0.39, 0.29) is 17.8 Å². The lowest BCUT2D eigenvalue weighted by Crippen LogP contribution is -2.06. The largest absolute Gasteiger partial charge is 0.294 e. The molecule has 0 unspecified atom stereocenters. The number of ketones is 1. The molecule has 3 nitrogen and oxygen atoms in total. The fourth-order valence-corrected chi connectivity index (χ4v) is 2.09. The van der Waals surface area contributed by atoms with Crippen LogP contribution in [0.3, 0.4) is 0 Å². The molecule has 16 heavy (non-hydrogen) atoms. The molecule has 0 radical (unpaired) electrons. The number of carbonyl (C=O) groups excluding carboxylic acids is 1. The number of thiazole rings is 1. The van der Waals surface area contributed by atoms with Crippen LogP contribution in [0.4, 0.5) is 4.39 Å². The number of pyridine rings is 1. The highest BCUT2D eigenvalue weighted by molar-refractivity contribution is 7.09. The van der Waals surface area contributed by atoms with Crippen LogP contribution in [0.25, 0.3) is 0 Å². The third-order valence-electron chi connectivity index (χ3n) is 2.05. The van der Waals surface area contributed by atoms with Crippen LogP contribution < -0.4 is 0 Å². The van der Waals surface area contributed by atoms with Crippen molar-refractivity contribution < 1.29 is 9.18 Å². The van der Waals surface area contributed by atoms with Gasteiger partial charge in [-0.3, -0.25) is 9.78 Å². The first-order valence-electron chi connectivity index (χ1n) is 4.70. The zero-order valence-corrected chi connectivity index (χ0v) is 9.42. The summed E-state index contributed by atoms with van der Waals surface area (Å²) in [5.41, 5.74) is 0.950. The highest BCUT2D eigenvalue weighted by atomic mass is 32.1. The predicted molar refractivity (Wildman–Crippen MR) is 59.1 cm³/mol. The van der Waals surface area contributed by atoms with Crippen molar-refractivity contribution in [2.24, 2.45) is 0 Å². The van der Waals surface area contributed by atoms with Crippen LogP contribution in [-0.2, 0) is 6.42 Å². The second-order valence-corrected chi connectivity index (χ2v) is 4.28. The first kappa shape index (κ1) is 10.9. The predicted octanol–water partition coefficient (Wildman–Crippen LogP) is 2.41. The van der Waals surface area contributed by atoms with Crippen molar-refractivity contribution in [2.75, 3.05) is 0 Å². The van der Waals surface area contributed by atoms with E-state index in [1.165, 1.54) is 23.6 Å². The average Bonchev–Trinajstić information content (AvgIpc) is 2.64. The number of carbonyl (C=O) groups is 1. The zero-order valence-electron chi connectivity index (χ0n) is 8.61. The lowest BCUT2D eigenvalue weighted by molar-refractivity contribution is 0.0989. The van der Waals surface area contributed by atoms with E-state index < -0.39 is 5.82 Å². The normalized spacial score (nSPS) is 10.4. The maximum atomic E-state index is 13.2. The second-order valence-electron chi connectivity index (χ2n) is 3.34. The molecule has 0 amide bonds. The minimum Gasteiger partial charge on any atom is -0.294 e. The summed E-state index contributed by atoms with van der Waals surface area (Å²) in [5, 5.41) is 2.57. The Hall–Kier alpha value is -1.62. The van der Waals surface area contributed by atoms with E-state index in [4.69, 9.17) is 0 Å². The fraction of sp³-hybridized carbons (Fsp3) is 0.182. The number of aryl methyl sites for hydroxylation is 1. The van der Waals surface area contributed by atoms with Gasteiger partial charge in [-0.2, -0.15) is 0 Å². The van der Waals surface area contributed by atoms with Crippen molar-refractivity contribution in [1.29, 1.82) is 0 Å². The van der Waals surface area contributed by atoms with Gasteiger partial charge in [0.05, 0.1) is 18.2 Å². The van der Waals surface area contributed by atoms with Gasteiger partial charge in [-0.15, -0.1) is 11.3 Å². The molecule has 0 spiro atoms. The number of halogens is 1. The van der Waals surface area contributed by atoms with E-state index in [1.54, 1.807) is 0 Å².